The Morgan fingerprint density at radius 2 is 1.93 bits per heavy atom. The Morgan fingerprint density at radius 3 is 2.59 bits per heavy atom. The Labute approximate surface area is 159 Å². The molecule has 1 heterocycles. The number of carbonyl (C=O) groups excluding carboxylic acids is 1. The lowest BCUT2D eigenvalue weighted by Gasteiger charge is -2.20. The molecule has 27 heavy (non-hydrogen) atoms. The van der Waals surface area contributed by atoms with Crippen LogP contribution in [0.5, 0.6) is 5.75 Å². The molecule has 0 bridgehead atoms. The topological polar surface area (TPSA) is 59.4 Å². The number of anilines is 1. The van der Waals surface area contributed by atoms with E-state index in [4.69, 9.17) is 4.74 Å². The maximum atomic E-state index is 12.4. The molecule has 6 heteroatoms. The van der Waals surface area contributed by atoms with Gasteiger partial charge >= 0.3 is 0 Å². The summed E-state index contributed by atoms with van der Waals surface area (Å²) in [4.78, 5) is 14.5. The number of hydrogen-bond acceptors (Lipinski definition) is 4. The summed E-state index contributed by atoms with van der Waals surface area (Å²) < 4.78 is 7.10. The van der Waals surface area contributed by atoms with Crippen LogP contribution >= 0.6 is 0 Å². The van der Waals surface area contributed by atoms with Crippen molar-refractivity contribution in [3.05, 3.63) is 72.6 Å². The molecule has 0 atom stereocenters. The van der Waals surface area contributed by atoms with Crippen molar-refractivity contribution in [2.45, 2.75) is 13.5 Å². The first-order valence-electron chi connectivity index (χ1n) is 8.93. The number of nitrogens with one attached hydrogen (secondary N) is 1. The van der Waals surface area contributed by atoms with Gasteiger partial charge in [-0.1, -0.05) is 31.2 Å². The molecule has 0 spiro atoms. The third-order valence-corrected chi connectivity index (χ3v) is 4.31. The fraction of sp³-hybridized carbons (Fsp3) is 0.238. The number of carbonyl (C=O) groups is 1. The second-order valence-electron chi connectivity index (χ2n) is 6.17. The van der Waals surface area contributed by atoms with E-state index >= 15 is 0 Å². The average Bonchev–Trinajstić information content (AvgIpc) is 3.23. The first-order chi connectivity index (χ1) is 13.2. The monoisotopic (exact) mass is 364 g/mol. The number of ether oxygens (including phenoxy) is 1. The molecule has 0 fully saturated rings. The van der Waals surface area contributed by atoms with Gasteiger partial charge in [0.1, 0.15) is 5.75 Å². The number of aromatic nitrogens is 2. The summed E-state index contributed by atoms with van der Waals surface area (Å²) in [6.45, 7) is 3.85. The van der Waals surface area contributed by atoms with Crippen LogP contribution in [-0.2, 0) is 11.3 Å². The van der Waals surface area contributed by atoms with Crippen molar-refractivity contribution in [2.75, 3.05) is 25.5 Å². The van der Waals surface area contributed by atoms with E-state index in [0.717, 1.165) is 17.8 Å². The van der Waals surface area contributed by atoms with Crippen LogP contribution in [0.3, 0.4) is 0 Å². The molecule has 0 aliphatic heterocycles. The molecule has 1 amide bonds. The zero-order chi connectivity index (χ0) is 19.1. The highest BCUT2D eigenvalue weighted by atomic mass is 16.5. The SMILES string of the molecule is CCN(CC(=O)Nc1ccccc1OC)Cc1ccc(-n2cccn2)cc1. The van der Waals surface area contributed by atoms with E-state index in [9.17, 15) is 4.79 Å². The minimum absolute atomic E-state index is 0.0606. The van der Waals surface area contributed by atoms with E-state index in [1.807, 2.05) is 53.3 Å². The molecule has 0 unspecified atom stereocenters. The zero-order valence-electron chi connectivity index (χ0n) is 15.6. The number of likely N-dealkylation sites (N-methyl/N-ethyl adjacent to an activating group) is 1. The lowest BCUT2D eigenvalue weighted by atomic mass is 10.2. The van der Waals surface area contributed by atoms with Crippen molar-refractivity contribution in [1.82, 2.24) is 14.7 Å². The maximum absolute atomic E-state index is 12.4. The molecule has 6 nitrogen and oxygen atoms in total. The minimum atomic E-state index is -0.0606. The van der Waals surface area contributed by atoms with Crippen LogP contribution in [0.4, 0.5) is 5.69 Å². The number of para-hydroxylation sites is 2. The molecule has 0 aliphatic carbocycles. The van der Waals surface area contributed by atoms with Gasteiger partial charge < -0.3 is 10.1 Å². The molecule has 1 aromatic heterocycles. The lowest BCUT2D eigenvalue weighted by Crippen LogP contribution is -2.32. The van der Waals surface area contributed by atoms with E-state index in [1.54, 1.807) is 13.3 Å². The molecular weight excluding hydrogens is 340 g/mol. The van der Waals surface area contributed by atoms with Crippen molar-refractivity contribution >= 4 is 11.6 Å². The Morgan fingerprint density at radius 1 is 1.15 bits per heavy atom. The van der Waals surface area contributed by atoms with Crippen LogP contribution in [0, 0.1) is 0 Å². The summed E-state index contributed by atoms with van der Waals surface area (Å²) >= 11 is 0. The van der Waals surface area contributed by atoms with Crippen molar-refractivity contribution in [2.24, 2.45) is 0 Å². The van der Waals surface area contributed by atoms with Crippen molar-refractivity contribution in [3.63, 3.8) is 0 Å². The first kappa shape index (κ1) is 18.7. The van der Waals surface area contributed by atoms with Crippen LogP contribution in [0.2, 0.25) is 0 Å². The van der Waals surface area contributed by atoms with E-state index in [-0.39, 0.29) is 5.91 Å². The number of amides is 1. The van der Waals surface area contributed by atoms with Gasteiger partial charge in [0.15, 0.2) is 0 Å². The average molecular weight is 364 g/mol. The van der Waals surface area contributed by atoms with Gasteiger partial charge in [0.05, 0.1) is 25.0 Å². The molecule has 140 valence electrons. The summed E-state index contributed by atoms with van der Waals surface area (Å²) in [6, 6.07) is 17.5. The van der Waals surface area contributed by atoms with Crippen LogP contribution in [0.1, 0.15) is 12.5 Å². The third-order valence-electron chi connectivity index (χ3n) is 4.31. The van der Waals surface area contributed by atoms with Gasteiger partial charge in [0.2, 0.25) is 5.91 Å². The molecule has 1 N–H and O–H groups in total. The smallest absolute Gasteiger partial charge is 0.238 e. The summed E-state index contributed by atoms with van der Waals surface area (Å²) in [5.74, 6) is 0.595. The third kappa shape index (κ3) is 4.95. The highest BCUT2D eigenvalue weighted by Gasteiger charge is 2.12. The van der Waals surface area contributed by atoms with Crippen molar-refractivity contribution < 1.29 is 9.53 Å². The van der Waals surface area contributed by atoms with Crippen LogP contribution in [0.15, 0.2) is 67.0 Å². The summed E-state index contributed by atoms with van der Waals surface area (Å²) in [5.41, 5.74) is 2.85. The fourth-order valence-corrected chi connectivity index (χ4v) is 2.85. The van der Waals surface area contributed by atoms with Gasteiger partial charge in [-0.05, 0) is 42.4 Å². The fourth-order valence-electron chi connectivity index (χ4n) is 2.85. The Hall–Kier alpha value is -3.12. The second-order valence-corrected chi connectivity index (χ2v) is 6.17. The van der Waals surface area contributed by atoms with Gasteiger partial charge in [-0.15, -0.1) is 0 Å². The largest absolute Gasteiger partial charge is 0.495 e. The Kier molecular flexibility index (Phi) is 6.22. The first-order valence-corrected chi connectivity index (χ1v) is 8.93. The predicted molar refractivity (Wildman–Crippen MR) is 106 cm³/mol. The minimum Gasteiger partial charge on any atom is -0.495 e. The van der Waals surface area contributed by atoms with Crippen LogP contribution < -0.4 is 10.1 Å². The number of benzene rings is 2. The van der Waals surface area contributed by atoms with E-state index in [2.05, 4.69) is 34.4 Å². The molecular formula is C21H24N4O2. The summed E-state index contributed by atoms with van der Waals surface area (Å²) in [5, 5.41) is 7.15. The Bertz CT molecular complexity index is 860. The molecule has 0 aliphatic rings. The number of methoxy groups -OCH3 is 1. The van der Waals surface area contributed by atoms with Crippen LogP contribution in [-0.4, -0.2) is 40.8 Å². The quantitative estimate of drug-likeness (QED) is 0.666. The van der Waals surface area contributed by atoms with E-state index in [1.165, 1.54) is 0 Å². The number of hydrogen-bond donors (Lipinski definition) is 1. The lowest BCUT2D eigenvalue weighted by molar-refractivity contribution is -0.117. The van der Waals surface area contributed by atoms with Gasteiger partial charge in [0.25, 0.3) is 0 Å². The predicted octanol–water partition coefficient (Wildman–Crippen LogP) is 3.34. The second kappa shape index (κ2) is 9.00. The zero-order valence-corrected chi connectivity index (χ0v) is 15.6. The van der Waals surface area contributed by atoms with Gasteiger partial charge in [0, 0.05) is 18.9 Å². The maximum Gasteiger partial charge on any atom is 0.238 e. The van der Waals surface area contributed by atoms with Gasteiger partial charge in [-0.3, -0.25) is 9.69 Å². The van der Waals surface area contributed by atoms with Crippen molar-refractivity contribution in [1.29, 1.82) is 0 Å². The molecule has 3 rings (SSSR count). The number of nitrogens with zero attached hydrogens (tertiary/aromatic N) is 3. The summed E-state index contributed by atoms with van der Waals surface area (Å²) in [6.07, 6.45) is 3.67. The van der Waals surface area contributed by atoms with Gasteiger partial charge in [-0.25, -0.2) is 4.68 Å². The van der Waals surface area contributed by atoms with Crippen LogP contribution in [0.25, 0.3) is 5.69 Å². The van der Waals surface area contributed by atoms with Gasteiger partial charge in [-0.2, -0.15) is 5.10 Å². The van der Waals surface area contributed by atoms with E-state index < -0.39 is 0 Å². The Balaban J connectivity index is 1.59. The normalized spacial score (nSPS) is 10.8. The molecule has 0 saturated heterocycles. The molecule has 0 radical (unpaired) electrons. The molecule has 0 saturated carbocycles. The van der Waals surface area contributed by atoms with Crippen molar-refractivity contribution in [3.8, 4) is 11.4 Å². The molecule has 3 aromatic rings. The highest BCUT2D eigenvalue weighted by molar-refractivity contribution is 5.93. The standard InChI is InChI=1S/C21H24N4O2/c1-3-24(16-21(26)23-19-7-4-5-8-20(19)27-2)15-17-9-11-18(12-10-17)25-14-6-13-22-25/h4-14H,3,15-16H2,1-2H3,(H,23,26). The highest BCUT2D eigenvalue weighted by Crippen LogP contribution is 2.22. The summed E-state index contributed by atoms with van der Waals surface area (Å²) in [7, 11) is 1.59. The molecule has 2 aromatic carbocycles. The van der Waals surface area contributed by atoms with E-state index in [0.29, 0.717) is 24.5 Å². The number of rotatable bonds is 8.